The van der Waals surface area contributed by atoms with Gasteiger partial charge in [-0.2, -0.15) is 0 Å². The third-order valence-corrected chi connectivity index (χ3v) is 4.93. The van der Waals surface area contributed by atoms with Gasteiger partial charge in [-0.15, -0.1) is 0 Å². The summed E-state index contributed by atoms with van der Waals surface area (Å²) in [5, 5.41) is 4.60. The summed E-state index contributed by atoms with van der Waals surface area (Å²) in [6, 6.07) is 8.96. The van der Waals surface area contributed by atoms with E-state index in [1.165, 1.54) is 38.0 Å². The molecule has 0 amide bonds. The standard InChI is InChI=1S/C17H27ClN2/c1-4-20-11-7-8-15(12-20)13(2)19-14(3)16-9-5-6-10-17(16)18/h5-6,9-10,13-15,19H,4,7-8,11-12H2,1-3H3/t13?,14-,15?/m1/s1. The summed E-state index contributed by atoms with van der Waals surface area (Å²) in [6.07, 6.45) is 2.66. The molecule has 0 aliphatic carbocycles. The minimum absolute atomic E-state index is 0.302. The summed E-state index contributed by atoms with van der Waals surface area (Å²) in [6.45, 7) is 10.4. The van der Waals surface area contributed by atoms with Crippen molar-refractivity contribution in [3.05, 3.63) is 34.9 Å². The van der Waals surface area contributed by atoms with Crippen molar-refractivity contribution in [1.29, 1.82) is 0 Å². The summed E-state index contributed by atoms with van der Waals surface area (Å²) < 4.78 is 0. The first kappa shape index (κ1) is 15.8. The molecule has 1 fully saturated rings. The van der Waals surface area contributed by atoms with E-state index in [9.17, 15) is 0 Å². The summed E-state index contributed by atoms with van der Waals surface area (Å²) >= 11 is 6.29. The highest BCUT2D eigenvalue weighted by Crippen LogP contribution is 2.25. The fourth-order valence-corrected chi connectivity index (χ4v) is 3.53. The molecule has 1 aliphatic heterocycles. The normalized spacial score (nSPS) is 23.5. The lowest BCUT2D eigenvalue weighted by Gasteiger charge is -2.36. The molecule has 0 spiro atoms. The number of likely N-dealkylation sites (tertiary alicyclic amines) is 1. The van der Waals surface area contributed by atoms with E-state index < -0.39 is 0 Å². The van der Waals surface area contributed by atoms with Crippen molar-refractivity contribution < 1.29 is 0 Å². The van der Waals surface area contributed by atoms with E-state index in [4.69, 9.17) is 11.6 Å². The summed E-state index contributed by atoms with van der Waals surface area (Å²) in [7, 11) is 0. The topological polar surface area (TPSA) is 15.3 Å². The third-order valence-electron chi connectivity index (χ3n) is 4.58. The maximum atomic E-state index is 6.29. The van der Waals surface area contributed by atoms with Crippen molar-refractivity contribution in [1.82, 2.24) is 10.2 Å². The van der Waals surface area contributed by atoms with Gasteiger partial charge in [0.25, 0.3) is 0 Å². The van der Waals surface area contributed by atoms with E-state index in [1.807, 2.05) is 12.1 Å². The minimum atomic E-state index is 0.302. The van der Waals surface area contributed by atoms with Crippen LogP contribution in [0.15, 0.2) is 24.3 Å². The van der Waals surface area contributed by atoms with E-state index >= 15 is 0 Å². The first-order valence-corrected chi connectivity index (χ1v) is 8.22. The number of rotatable bonds is 5. The van der Waals surface area contributed by atoms with Crippen molar-refractivity contribution >= 4 is 11.6 Å². The van der Waals surface area contributed by atoms with Gasteiger partial charge in [-0.05, 0) is 57.3 Å². The lowest BCUT2D eigenvalue weighted by atomic mass is 9.90. The monoisotopic (exact) mass is 294 g/mol. The van der Waals surface area contributed by atoms with Gasteiger partial charge in [0.2, 0.25) is 0 Å². The number of halogens is 1. The second kappa shape index (κ2) is 7.44. The Kier molecular flexibility index (Phi) is 5.88. The third kappa shape index (κ3) is 3.97. The van der Waals surface area contributed by atoms with Crippen LogP contribution in [-0.4, -0.2) is 30.6 Å². The molecule has 2 unspecified atom stereocenters. The molecular weight excluding hydrogens is 268 g/mol. The highest BCUT2D eigenvalue weighted by Gasteiger charge is 2.25. The molecule has 1 N–H and O–H groups in total. The Balaban J connectivity index is 1.93. The first-order valence-electron chi connectivity index (χ1n) is 7.84. The molecule has 20 heavy (non-hydrogen) atoms. The molecule has 1 aromatic carbocycles. The van der Waals surface area contributed by atoms with Gasteiger partial charge in [0.1, 0.15) is 0 Å². The molecule has 2 nitrogen and oxygen atoms in total. The molecule has 3 heteroatoms. The van der Waals surface area contributed by atoms with Crippen LogP contribution in [0.5, 0.6) is 0 Å². The molecule has 112 valence electrons. The van der Waals surface area contributed by atoms with Crippen LogP contribution in [0.2, 0.25) is 5.02 Å². The molecule has 0 radical (unpaired) electrons. The van der Waals surface area contributed by atoms with Crippen molar-refractivity contribution in [2.24, 2.45) is 5.92 Å². The van der Waals surface area contributed by atoms with Gasteiger partial charge in [0.15, 0.2) is 0 Å². The quantitative estimate of drug-likeness (QED) is 0.879. The van der Waals surface area contributed by atoms with Crippen molar-refractivity contribution in [2.75, 3.05) is 19.6 Å². The smallest absolute Gasteiger partial charge is 0.0453 e. The second-order valence-corrected chi connectivity index (χ2v) is 6.40. The van der Waals surface area contributed by atoms with E-state index in [0.717, 1.165) is 10.9 Å². The first-order chi connectivity index (χ1) is 9.61. The Morgan fingerprint density at radius 2 is 2.10 bits per heavy atom. The molecule has 0 bridgehead atoms. The predicted octanol–water partition coefficient (Wildman–Crippen LogP) is 4.11. The molecular formula is C17H27ClN2. The number of benzene rings is 1. The minimum Gasteiger partial charge on any atom is -0.307 e. The Morgan fingerprint density at radius 1 is 1.35 bits per heavy atom. The summed E-state index contributed by atoms with van der Waals surface area (Å²) in [5.74, 6) is 0.744. The zero-order valence-electron chi connectivity index (χ0n) is 12.9. The SMILES string of the molecule is CCN1CCCC(C(C)N[C@H](C)c2ccccc2Cl)C1. The number of nitrogens with zero attached hydrogens (tertiary/aromatic N) is 1. The second-order valence-electron chi connectivity index (χ2n) is 5.99. The summed E-state index contributed by atoms with van der Waals surface area (Å²) in [5.41, 5.74) is 1.20. The van der Waals surface area contributed by atoms with E-state index in [0.29, 0.717) is 12.1 Å². The lowest BCUT2D eigenvalue weighted by Crippen LogP contribution is -2.45. The van der Waals surface area contributed by atoms with Gasteiger partial charge in [-0.3, -0.25) is 0 Å². The number of nitrogens with one attached hydrogen (secondary N) is 1. The molecule has 1 heterocycles. The predicted molar refractivity (Wildman–Crippen MR) is 87.3 cm³/mol. The Morgan fingerprint density at radius 3 is 2.80 bits per heavy atom. The van der Waals surface area contributed by atoms with Crippen LogP contribution in [-0.2, 0) is 0 Å². The van der Waals surface area contributed by atoms with Crippen LogP contribution >= 0.6 is 11.6 Å². The van der Waals surface area contributed by atoms with Crippen LogP contribution in [0.3, 0.4) is 0 Å². The van der Waals surface area contributed by atoms with Gasteiger partial charge in [0.05, 0.1) is 0 Å². The lowest BCUT2D eigenvalue weighted by molar-refractivity contribution is 0.153. The molecule has 0 aromatic heterocycles. The van der Waals surface area contributed by atoms with Crippen molar-refractivity contribution in [3.8, 4) is 0 Å². The average molecular weight is 295 g/mol. The van der Waals surface area contributed by atoms with E-state index in [-0.39, 0.29) is 0 Å². The molecule has 2 rings (SSSR count). The van der Waals surface area contributed by atoms with Gasteiger partial charge in [-0.1, -0.05) is 36.7 Å². The molecule has 1 saturated heterocycles. The zero-order chi connectivity index (χ0) is 14.5. The Labute approximate surface area is 128 Å². The molecule has 1 aromatic rings. The van der Waals surface area contributed by atoms with Crippen LogP contribution in [0.1, 0.15) is 45.2 Å². The van der Waals surface area contributed by atoms with Crippen LogP contribution in [0.4, 0.5) is 0 Å². The van der Waals surface area contributed by atoms with Gasteiger partial charge in [-0.25, -0.2) is 0 Å². The number of hydrogen-bond acceptors (Lipinski definition) is 2. The van der Waals surface area contributed by atoms with Crippen molar-refractivity contribution in [3.63, 3.8) is 0 Å². The largest absolute Gasteiger partial charge is 0.307 e. The van der Waals surface area contributed by atoms with Crippen molar-refractivity contribution in [2.45, 2.75) is 45.7 Å². The Hall–Kier alpha value is -0.570. The molecule has 1 aliphatic rings. The van der Waals surface area contributed by atoms with E-state index in [1.54, 1.807) is 0 Å². The van der Waals surface area contributed by atoms with Gasteiger partial charge >= 0.3 is 0 Å². The fraction of sp³-hybridized carbons (Fsp3) is 0.647. The van der Waals surface area contributed by atoms with E-state index in [2.05, 4.69) is 43.1 Å². The Bertz CT molecular complexity index is 421. The average Bonchev–Trinajstić information content (AvgIpc) is 2.47. The number of piperidine rings is 1. The number of hydrogen-bond donors (Lipinski definition) is 1. The summed E-state index contributed by atoms with van der Waals surface area (Å²) in [4.78, 5) is 2.56. The van der Waals surface area contributed by atoms with Gasteiger partial charge < -0.3 is 10.2 Å². The van der Waals surface area contributed by atoms with Crippen LogP contribution < -0.4 is 5.32 Å². The maximum Gasteiger partial charge on any atom is 0.0453 e. The van der Waals surface area contributed by atoms with Crippen LogP contribution in [0, 0.1) is 5.92 Å². The highest BCUT2D eigenvalue weighted by molar-refractivity contribution is 6.31. The molecule has 3 atom stereocenters. The fourth-order valence-electron chi connectivity index (χ4n) is 3.23. The molecule has 0 saturated carbocycles. The van der Waals surface area contributed by atoms with Crippen LogP contribution in [0.25, 0.3) is 0 Å². The maximum absolute atomic E-state index is 6.29. The zero-order valence-corrected chi connectivity index (χ0v) is 13.7. The van der Waals surface area contributed by atoms with Gasteiger partial charge in [0, 0.05) is 23.7 Å². The highest BCUT2D eigenvalue weighted by atomic mass is 35.5.